The molecule has 0 atom stereocenters. The largest absolute Gasteiger partial charge is 0.330 e. The van der Waals surface area contributed by atoms with Gasteiger partial charge >= 0.3 is 0 Å². The van der Waals surface area contributed by atoms with E-state index in [1.54, 1.807) is 18.7 Å². The summed E-state index contributed by atoms with van der Waals surface area (Å²) in [5.74, 6) is 0.723. The third-order valence-electron chi connectivity index (χ3n) is 2.47. The second-order valence-electron chi connectivity index (χ2n) is 3.55. The van der Waals surface area contributed by atoms with Crippen LogP contribution in [0.2, 0.25) is 0 Å². The molecule has 0 aliphatic carbocycles. The Labute approximate surface area is 101 Å². The van der Waals surface area contributed by atoms with Crippen LogP contribution < -0.4 is 4.90 Å². The van der Waals surface area contributed by atoms with Crippen LogP contribution in [-0.2, 0) is 13.1 Å². The zero-order chi connectivity index (χ0) is 11.0. The van der Waals surface area contributed by atoms with Gasteiger partial charge in [-0.05, 0) is 15.9 Å². The molecule has 2 aromatic rings. The SMILES string of the molecule is Brc1cnc(N2Cc3cncnc3C2)nc1. The molecule has 0 saturated carbocycles. The van der Waals surface area contributed by atoms with Gasteiger partial charge in [0.25, 0.3) is 0 Å². The summed E-state index contributed by atoms with van der Waals surface area (Å²) in [6, 6.07) is 0. The van der Waals surface area contributed by atoms with Gasteiger partial charge in [-0.1, -0.05) is 0 Å². The number of nitrogens with zero attached hydrogens (tertiary/aromatic N) is 5. The number of hydrogen-bond donors (Lipinski definition) is 0. The Balaban J connectivity index is 1.88. The normalized spacial score (nSPS) is 13.9. The minimum atomic E-state index is 0.723. The van der Waals surface area contributed by atoms with E-state index in [2.05, 4.69) is 40.8 Å². The fourth-order valence-electron chi connectivity index (χ4n) is 1.71. The Kier molecular flexibility index (Phi) is 2.28. The van der Waals surface area contributed by atoms with Gasteiger partial charge in [-0.3, -0.25) is 0 Å². The smallest absolute Gasteiger partial charge is 0.225 e. The first-order valence-electron chi connectivity index (χ1n) is 4.83. The molecule has 1 aliphatic heterocycles. The third kappa shape index (κ3) is 1.65. The molecular formula is C10H8BrN5. The molecule has 0 spiro atoms. The second kappa shape index (κ2) is 3.79. The Bertz CT molecular complexity index is 488. The van der Waals surface area contributed by atoms with E-state index in [1.165, 1.54) is 0 Å². The van der Waals surface area contributed by atoms with Crippen molar-refractivity contribution in [3.63, 3.8) is 0 Å². The van der Waals surface area contributed by atoms with Crippen molar-refractivity contribution in [3.8, 4) is 0 Å². The summed E-state index contributed by atoms with van der Waals surface area (Å²) in [7, 11) is 0. The van der Waals surface area contributed by atoms with E-state index in [1.807, 2.05) is 6.20 Å². The molecule has 0 unspecified atom stereocenters. The number of anilines is 1. The van der Waals surface area contributed by atoms with Crippen molar-refractivity contribution in [2.75, 3.05) is 4.90 Å². The molecule has 0 fully saturated rings. The van der Waals surface area contributed by atoms with E-state index in [0.717, 1.165) is 34.8 Å². The topological polar surface area (TPSA) is 54.8 Å². The van der Waals surface area contributed by atoms with Gasteiger partial charge in [0, 0.05) is 30.7 Å². The Morgan fingerprint density at radius 1 is 1.06 bits per heavy atom. The predicted molar refractivity (Wildman–Crippen MR) is 61.7 cm³/mol. The highest BCUT2D eigenvalue weighted by Gasteiger charge is 2.21. The van der Waals surface area contributed by atoms with Crippen LogP contribution in [0.25, 0.3) is 0 Å². The van der Waals surface area contributed by atoms with Gasteiger partial charge in [0.05, 0.1) is 16.7 Å². The van der Waals surface area contributed by atoms with Crippen molar-refractivity contribution >= 4 is 21.9 Å². The predicted octanol–water partition coefficient (Wildman–Crippen LogP) is 1.55. The maximum Gasteiger partial charge on any atom is 0.225 e. The highest BCUT2D eigenvalue weighted by molar-refractivity contribution is 9.10. The van der Waals surface area contributed by atoms with E-state index in [0.29, 0.717) is 0 Å². The first-order valence-corrected chi connectivity index (χ1v) is 5.62. The molecule has 0 saturated heterocycles. The first-order chi connectivity index (χ1) is 7.83. The van der Waals surface area contributed by atoms with Crippen LogP contribution in [0.3, 0.4) is 0 Å². The molecular weight excluding hydrogens is 270 g/mol. The molecule has 0 aromatic carbocycles. The average molecular weight is 278 g/mol. The van der Waals surface area contributed by atoms with Gasteiger partial charge in [-0.25, -0.2) is 19.9 Å². The van der Waals surface area contributed by atoms with Gasteiger partial charge in [-0.15, -0.1) is 0 Å². The van der Waals surface area contributed by atoms with Crippen LogP contribution in [0, 0.1) is 0 Å². The van der Waals surface area contributed by atoms with Crippen molar-refractivity contribution in [2.45, 2.75) is 13.1 Å². The molecule has 0 bridgehead atoms. The summed E-state index contributed by atoms with van der Waals surface area (Å²) in [5.41, 5.74) is 2.20. The lowest BCUT2D eigenvalue weighted by atomic mass is 10.3. The van der Waals surface area contributed by atoms with Gasteiger partial charge in [0.1, 0.15) is 6.33 Å². The minimum Gasteiger partial charge on any atom is -0.330 e. The van der Waals surface area contributed by atoms with Gasteiger partial charge in [0.2, 0.25) is 5.95 Å². The van der Waals surface area contributed by atoms with Crippen LogP contribution in [0.15, 0.2) is 29.4 Å². The van der Waals surface area contributed by atoms with Crippen LogP contribution in [-0.4, -0.2) is 19.9 Å². The monoisotopic (exact) mass is 277 g/mol. The first kappa shape index (κ1) is 9.65. The molecule has 0 N–H and O–H groups in total. The molecule has 3 heterocycles. The molecule has 16 heavy (non-hydrogen) atoms. The van der Waals surface area contributed by atoms with Gasteiger partial charge < -0.3 is 4.90 Å². The molecule has 0 amide bonds. The summed E-state index contributed by atoms with van der Waals surface area (Å²) in [4.78, 5) is 18.8. The average Bonchev–Trinajstić information content (AvgIpc) is 2.73. The summed E-state index contributed by atoms with van der Waals surface area (Å²) in [6.45, 7) is 1.53. The third-order valence-corrected chi connectivity index (χ3v) is 2.88. The summed E-state index contributed by atoms with van der Waals surface area (Å²) in [5, 5.41) is 0. The fourth-order valence-corrected chi connectivity index (χ4v) is 1.92. The Morgan fingerprint density at radius 3 is 2.62 bits per heavy atom. The lowest BCUT2D eigenvalue weighted by Gasteiger charge is -2.13. The maximum absolute atomic E-state index is 4.26. The standard InChI is InChI=1S/C10H8BrN5/c11-8-2-13-10(14-3-8)16-4-7-1-12-6-15-9(7)5-16/h1-3,6H,4-5H2. The quantitative estimate of drug-likeness (QED) is 0.792. The van der Waals surface area contributed by atoms with Crippen molar-refractivity contribution in [3.05, 3.63) is 40.6 Å². The van der Waals surface area contributed by atoms with Crippen molar-refractivity contribution < 1.29 is 0 Å². The zero-order valence-electron chi connectivity index (χ0n) is 8.34. The molecule has 3 rings (SSSR count). The lowest BCUT2D eigenvalue weighted by molar-refractivity contribution is 0.820. The molecule has 0 radical (unpaired) electrons. The Morgan fingerprint density at radius 2 is 1.88 bits per heavy atom. The zero-order valence-corrected chi connectivity index (χ0v) is 9.92. The van der Waals surface area contributed by atoms with Crippen LogP contribution in [0.4, 0.5) is 5.95 Å². The molecule has 80 valence electrons. The number of halogens is 1. The highest BCUT2D eigenvalue weighted by atomic mass is 79.9. The highest BCUT2D eigenvalue weighted by Crippen LogP contribution is 2.23. The number of aromatic nitrogens is 4. The minimum absolute atomic E-state index is 0.723. The van der Waals surface area contributed by atoms with E-state index in [9.17, 15) is 0 Å². The summed E-state index contributed by atoms with van der Waals surface area (Å²) < 4.78 is 0.882. The summed E-state index contributed by atoms with van der Waals surface area (Å²) >= 11 is 3.32. The second-order valence-corrected chi connectivity index (χ2v) is 4.47. The number of hydrogen-bond acceptors (Lipinski definition) is 5. The van der Waals surface area contributed by atoms with Gasteiger partial charge in [-0.2, -0.15) is 0 Å². The lowest BCUT2D eigenvalue weighted by Crippen LogP contribution is -2.17. The molecule has 2 aromatic heterocycles. The van der Waals surface area contributed by atoms with Crippen molar-refractivity contribution in [1.29, 1.82) is 0 Å². The fraction of sp³-hybridized carbons (Fsp3) is 0.200. The maximum atomic E-state index is 4.26. The van der Waals surface area contributed by atoms with E-state index < -0.39 is 0 Å². The van der Waals surface area contributed by atoms with E-state index in [-0.39, 0.29) is 0 Å². The molecule has 5 nitrogen and oxygen atoms in total. The van der Waals surface area contributed by atoms with E-state index in [4.69, 9.17) is 0 Å². The number of fused-ring (bicyclic) bond motifs is 1. The van der Waals surface area contributed by atoms with Crippen molar-refractivity contribution in [1.82, 2.24) is 19.9 Å². The summed E-state index contributed by atoms with van der Waals surface area (Å²) in [6.07, 6.45) is 6.92. The number of rotatable bonds is 1. The van der Waals surface area contributed by atoms with Crippen LogP contribution >= 0.6 is 15.9 Å². The van der Waals surface area contributed by atoms with Crippen LogP contribution in [0.1, 0.15) is 11.3 Å². The van der Waals surface area contributed by atoms with Crippen LogP contribution in [0.5, 0.6) is 0 Å². The van der Waals surface area contributed by atoms with Crippen molar-refractivity contribution in [2.24, 2.45) is 0 Å². The Hall–Kier alpha value is -1.56. The van der Waals surface area contributed by atoms with E-state index >= 15 is 0 Å². The molecule has 1 aliphatic rings. The van der Waals surface area contributed by atoms with Gasteiger partial charge in [0.15, 0.2) is 0 Å². The molecule has 6 heteroatoms.